The first-order valence-electron chi connectivity index (χ1n) is 9.94. The summed E-state index contributed by atoms with van der Waals surface area (Å²) in [5.41, 5.74) is 1.32. The maximum atomic E-state index is 12.0. The van der Waals surface area contributed by atoms with Gasteiger partial charge in [-0.3, -0.25) is 4.79 Å². The third-order valence-electron chi connectivity index (χ3n) is 7.60. The van der Waals surface area contributed by atoms with Crippen LogP contribution in [0.15, 0.2) is 18.2 Å². The van der Waals surface area contributed by atoms with Crippen LogP contribution in [0.3, 0.4) is 0 Å². The first-order valence-corrected chi connectivity index (χ1v) is 9.94. The molecule has 27 heavy (non-hydrogen) atoms. The maximum absolute atomic E-state index is 12.0. The molecular formula is C22H31NO4. The van der Waals surface area contributed by atoms with Crippen molar-refractivity contribution >= 4 is 5.91 Å². The van der Waals surface area contributed by atoms with E-state index in [0.29, 0.717) is 11.8 Å². The standard InChI is InChI=1S/C22H31NO4/c1-13(24)23-20-21(2,3)14-10-17-19(27-9-8-22(17,20)12-14)16-7-6-15(25-4)11-18(16)26-5/h6-7,11,14,17,19-20H,8-10,12H2,1-5H3,(H,23,24)/t14-,17-,19-,20-,22?/m1/s1. The highest BCUT2D eigenvalue weighted by atomic mass is 16.5. The number of benzene rings is 1. The van der Waals surface area contributed by atoms with Crippen molar-refractivity contribution in [3.63, 3.8) is 0 Å². The number of hydrogen-bond donors (Lipinski definition) is 1. The summed E-state index contributed by atoms with van der Waals surface area (Å²) in [5, 5.41) is 3.33. The minimum atomic E-state index is -0.00281. The number of fused-ring (bicyclic) bond motifs is 1. The molecular weight excluding hydrogens is 342 g/mol. The lowest BCUT2D eigenvalue weighted by Crippen LogP contribution is -2.58. The van der Waals surface area contributed by atoms with Gasteiger partial charge in [0.1, 0.15) is 11.5 Å². The summed E-state index contributed by atoms with van der Waals surface area (Å²) in [5.74, 6) is 2.66. The molecule has 2 aliphatic carbocycles. The van der Waals surface area contributed by atoms with Gasteiger partial charge in [-0.25, -0.2) is 0 Å². The smallest absolute Gasteiger partial charge is 0.217 e. The van der Waals surface area contributed by atoms with Gasteiger partial charge in [0.15, 0.2) is 0 Å². The minimum absolute atomic E-state index is 0.00281. The van der Waals surface area contributed by atoms with Crippen molar-refractivity contribution in [2.75, 3.05) is 20.8 Å². The van der Waals surface area contributed by atoms with Crippen molar-refractivity contribution in [2.45, 2.75) is 52.2 Å². The summed E-state index contributed by atoms with van der Waals surface area (Å²) in [7, 11) is 3.36. The summed E-state index contributed by atoms with van der Waals surface area (Å²) in [4.78, 5) is 12.0. The van der Waals surface area contributed by atoms with Gasteiger partial charge >= 0.3 is 0 Å². The Morgan fingerprint density at radius 2 is 2.04 bits per heavy atom. The average molecular weight is 373 g/mol. The zero-order chi connectivity index (χ0) is 19.4. The van der Waals surface area contributed by atoms with Gasteiger partial charge in [-0.15, -0.1) is 0 Å². The molecule has 1 aromatic rings. The summed E-state index contributed by atoms with van der Waals surface area (Å²) in [6.07, 6.45) is 3.32. The zero-order valence-corrected chi connectivity index (χ0v) is 17.0. The molecule has 4 rings (SSSR count). The first-order chi connectivity index (χ1) is 12.8. The molecule has 1 amide bonds. The van der Waals surface area contributed by atoms with Crippen LogP contribution in [-0.4, -0.2) is 32.8 Å². The van der Waals surface area contributed by atoms with Gasteiger partial charge in [-0.05, 0) is 54.1 Å². The van der Waals surface area contributed by atoms with Gasteiger partial charge < -0.3 is 19.5 Å². The molecule has 3 fully saturated rings. The molecule has 5 atom stereocenters. The fourth-order valence-corrected chi connectivity index (χ4v) is 6.35. The lowest BCUT2D eigenvalue weighted by Gasteiger charge is -2.53. The number of ether oxygens (including phenoxy) is 3. The molecule has 1 unspecified atom stereocenters. The van der Waals surface area contributed by atoms with E-state index >= 15 is 0 Å². The van der Waals surface area contributed by atoms with Gasteiger partial charge in [0, 0.05) is 31.2 Å². The van der Waals surface area contributed by atoms with E-state index in [2.05, 4.69) is 25.2 Å². The highest BCUT2D eigenvalue weighted by molar-refractivity contribution is 5.73. The predicted octanol–water partition coefficient (Wildman–Crippen LogP) is 3.72. The van der Waals surface area contributed by atoms with Gasteiger partial charge in [0.05, 0.1) is 20.3 Å². The number of hydrogen-bond acceptors (Lipinski definition) is 4. The highest BCUT2D eigenvalue weighted by Gasteiger charge is 2.68. The van der Waals surface area contributed by atoms with Crippen LogP contribution in [0.4, 0.5) is 0 Å². The van der Waals surface area contributed by atoms with Gasteiger partial charge in [-0.1, -0.05) is 13.8 Å². The second kappa shape index (κ2) is 6.40. The van der Waals surface area contributed by atoms with E-state index in [1.807, 2.05) is 12.1 Å². The molecule has 2 bridgehead atoms. The number of amides is 1. The summed E-state index contributed by atoms with van der Waals surface area (Å²) < 4.78 is 17.4. The quantitative estimate of drug-likeness (QED) is 0.874. The Morgan fingerprint density at radius 1 is 1.26 bits per heavy atom. The predicted molar refractivity (Wildman–Crippen MR) is 103 cm³/mol. The Morgan fingerprint density at radius 3 is 2.70 bits per heavy atom. The van der Waals surface area contributed by atoms with Crippen molar-refractivity contribution < 1.29 is 19.0 Å². The molecule has 5 nitrogen and oxygen atoms in total. The fourth-order valence-electron chi connectivity index (χ4n) is 6.35. The topological polar surface area (TPSA) is 56.8 Å². The molecule has 1 aromatic carbocycles. The van der Waals surface area contributed by atoms with Gasteiger partial charge in [-0.2, -0.15) is 0 Å². The largest absolute Gasteiger partial charge is 0.497 e. The Hall–Kier alpha value is -1.75. The maximum Gasteiger partial charge on any atom is 0.217 e. The molecule has 1 heterocycles. The van der Waals surface area contributed by atoms with Crippen molar-refractivity contribution in [3.8, 4) is 11.5 Å². The molecule has 2 saturated carbocycles. The van der Waals surface area contributed by atoms with Crippen LogP contribution in [0.1, 0.15) is 51.7 Å². The summed E-state index contributed by atoms with van der Waals surface area (Å²) in [6, 6.07) is 6.18. The van der Waals surface area contributed by atoms with Crippen LogP contribution in [0.25, 0.3) is 0 Å². The normalized spacial score (nSPS) is 36.2. The zero-order valence-electron chi connectivity index (χ0n) is 17.0. The van der Waals surface area contributed by atoms with E-state index in [4.69, 9.17) is 14.2 Å². The van der Waals surface area contributed by atoms with E-state index in [9.17, 15) is 4.79 Å². The van der Waals surface area contributed by atoms with Crippen LogP contribution in [-0.2, 0) is 9.53 Å². The number of methoxy groups -OCH3 is 2. The van der Waals surface area contributed by atoms with Crippen LogP contribution < -0.4 is 14.8 Å². The van der Waals surface area contributed by atoms with E-state index in [0.717, 1.165) is 36.5 Å². The monoisotopic (exact) mass is 373 g/mol. The van der Waals surface area contributed by atoms with E-state index < -0.39 is 0 Å². The van der Waals surface area contributed by atoms with Crippen LogP contribution >= 0.6 is 0 Å². The average Bonchev–Trinajstić information content (AvgIpc) is 3.13. The summed E-state index contributed by atoms with van der Waals surface area (Å²) >= 11 is 0. The van der Waals surface area contributed by atoms with Crippen LogP contribution in [0, 0.1) is 22.7 Å². The minimum Gasteiger partial charge on any atom is -0.497 e. The Balaban J connectivity index is 1.73. The van der Waals surface area contributed by atoms with Crippen molar-refractivity contribution in [1.82, 2.24) is 5.32 Å². The second-order valence-electron chi connectivity index (χ2n) is 9.08. The molecule has 5 heteroatoms. The highest BCUT2D eigenvalue weighted by Crippen LogP contribution is 2.70. The van der Waals surface area contributed by atoms with Crippen molar-refractivity contribution in [2.24, 2.45) is 22.7 Å². The lowest BCUT2D eigenvalue weighted by molar-refractivity contribution is -0.136. The van der Waals surface area contributed by atoms with E-state index in [1.54, 1.807) is 21.1 Å². The molecule has 0 aromatic heterocycles. The third-order valence-corrected chi connectivity index (χ3v) is 7.60. The number of nitrogens with one attached hydrogen (secondary N) is 1. The van der Waals surface area contributed by atoms with Crippen LogP contribution in [0.2, 0.25) is 0 Å². The SMILES string of the molecule is COc1ccc([C@H]2OCCC34C[C@@H](C[C@H]23)C(C)(C)[C@H]4NC(C)=O)c(OC)c1. The van der Waals surface area contributed by atoms with Crippen molar-refractivity contribution in [1.29, 1.82) is 0 Å². The van der Waals surface area contributed by atoms with Crippen LogP contribution in [0.5, 0.6) is 11.5 Å². The third kappa shape index (κ3) is 2.65. The number of carbonyl (C=O) groups is 1. The molecule has 1 spiro atoms. The van der Waals surface area contributed by atoms with Gasteiger partial charge in [0.25, 0.3) is 0 Å². The van der Waals surface area contributed by atoms with Gasteiger partial charge in [0.2, 0.25) is 5.91 Å². The first kappa shape index (κ1) is 18.6. The fraction of sp³-hybridized carbons (Fsp3) is 0.682. The summed E-state index contributed by atoms with van der Waals surface area (Å²) in [6.45, 7) is 7.00. The van der Waals surface area contributed by atoms with Crippen molar-refractivity contribution in [3.05, 3.63) is 23.8 Å². The Bertz CT molecular complexity index is 746. The molecule has 1 N–H and O–H groups in total. The molecule has 3 aliphatic rings. The second-order valence-corrected chi connectivity index (χ2v) is 9.08. The van der Waals surface area contributed by atoms with E-state index in [-0.39, 0.29) is 28.9 Å². The molecule has 148 valence electrons. The molecule has 1 aliphatic heterocycles. The number of rotatable bonds is 4. The Kier molecular flexibility index (Phi) is 4.41. The molecule has 1 saturated heterocycles. The lowest BCUT2D eigenvalue weighted by atomic mass is 9.58. The number of carbonyl (C=O) groups excluding carboxylic acids is 1. The Labute approximate surface area is 161 Å². The molecule has 0 radical (unpaired) electrons. The van der Waals surface area contributed by atoms with E-state index in [1.165, 1.54) is 6.42 Å².